The molecule has 9 heteroatoms. The van der Waals surface area contributed by atoms with Crippen LogP contribution in [0.15, 0.2) is 53.0 Å². The molecule has 1 aromatic heterocycles. The minimum Gasteiger partial charge on any atom is -0.348 e. The van der Waals surface area contributed by atoms with Gasteiger partial charge in [0.1, 0.15) is 5.69 Å². The number of carbonyl (C=O) groups excluding carboxylic acids is 3. The molecule has 1 heterocycles. The van der Waals surface area contributed by atoms with Crippen molar-refractivity contribution < 1.29 is 14.4 Å². The largest absolute Gasteiger partial charge is 0.348 e. The van der Waals surface area contributed by atoms with Crippen LogP contribution in [0.1, 0.15) is 23.8 Å². The quantitative estimate of drug-likeness (QED) is 0.487. The van der Waals surface area contributed by atoms with E-state index in [1.807, 2.05) is 13.0 Å². The van der Waals surface area contributed by atoms with Gasteiger partial charge in [-0.15, -0.1) is 0 Å². The molecule has 0 atom stereocenters. The van der Waals surface area contributed by atoms with Gasteiger partial charge in [0.05, 0.1) is 5.52 Å². The molecular formula is C20H18BrClN4O3. The molecule has 0 aliphatic carbocycles. The van der Waals surface area contributed by atoms with Gasteiger partial charge in [0.25, 0.3) is 5.91 Å². The Morgan fingerprint density at radius 1 is 1.03 bits per heavy atom. The zero-order valence-electron chi connectivity index (χ0n) is 15.5. The molecule has 29 heavy (non-hydrogen) atoms. The Labute approximate surface area is 180 Å². The second kappa shape index (κ2) is 9.11. The highest BCUT2D eigenvalue weighted by Crippen LogP contribution is 2.24. The Morgan fingerprint density at radius 2 is 1.76 bits per heavy atom. The average Bonchev–Trinajstić information content (AvgIpc) is 3.05. The summed E-state index contributed by atoms with van der Waals surface area (Å²) < 4.78 is 2.12. The predicted molar refractivity (Wildman–Crippen MR) is 117 cm³/mol. The van der Waals surface area contributed by atoms with Crippen LogP contribution in [0.2, 0.25) is 5.02 Å². The molecule has 0 saturated heterocycles. The van der Waals surface area contributed by atoms with E-state index in [2.05, 4.69) is 32.0 Å². The second-order valence-corrected chi connectivity index (χ2v) is 7.58. The van der Waals surface area contributed by atoms with Gasteiger partial charge in [-0.25, -0.2) is 4.68 Å². The molecule has 3 aromatic rings. The second-order valence-electron chi connectivity index (χ2n) is 6.23. The number of nitrogens with one attached hydrogen (secondary N) is 3. The number of aromatic nitrogens is 1. The Kier molecular flexibility index (Phi) is 6.56. The normalized spacial score (nSPS) is 10.6. The summed E-state index contributed by atoms with van der Waals surface area (Å²) in [6.07, 6.45) is 0.703. The highest BCUT2D eigenvalue weighted by molar-refractivity contribution is 9.10. The lowest BCUT2D eigenvalue weighted by Gasteiger charge is -2.12. The molecule has 0 saturated carbocycles. The molecule has 0 aliphatic rings. The molecule has 0 spiro atoms. The number of nitrogens with zero attached hydrogens (tertiary/aromatic N) is 1. The van der Waals surface area contributed by atoms with Gasteiger partial charge in [-0.3, -0.25) is 19.8 Å². The van der Waals surface area contributed by atoms with Crippen LogP contribution in [-0.2, 0) is 9.59 Å². The maximum absolute atomic E-state index is 12.9. The zero-order chi connectivity index (χ0) is 21.0. The molecule has 2 aromatic carbocycles. The van der Waals surface area contributed by atoms with Crippen LogP contribution < -0.4 is 16.1 Å². The van der Waals surface area contributed by atoms with E-state index < -0.39 is 17.7 Å². The van der Waals surface area contributed by atoms with Gasteiger partial charge in [-0.1, -0.05) is 34.5 Å². The SMILES string of the molecule is CCCNC(=O)C(=O)Nn1c(C(=O)Nc2ccc(Cl)cc2)cc2cc(Br)ccc21. The van der Waals surface area contributed by atoms with Crippen LogP contribution in [-0.4, -0.2) is 28.9 Å². The molecule has 3 N–H and O–H groups in total. The third kappa shape index (κ3) is 4.96. The Hall–Kier alpha value is -2.84. The molecule has 3 rings (SSSR count). The molecule has 0 radical (unpaired) electrons. The van der Waals surface area contributed by atoms with Crippen molar-refractivity contribution in [3.8, 4) is 0 Å². The summed E-state index contributed by atoms with van der Waals surface area (Å²) >= 11 is 9.27. The zero-order valence-corrected chi connectivity index (χ0v) is 17.8. The predicted octanol–water partition coefficient (Wildman–Crippen LogP) is 3.91. The summed E-state index contributed by atoms with van der Waals surface area (Å²) in [5, 5.41) is 6.53. The van der Waals surface area contributed by atoms with Gasteiger partial charge in [-0.2, -0.15) is 0 Å². The molecule has 3 amide bonds. The number of rotatable bonds is 5. The van der Waals surface area contributed by atoms with Crippen molar-refractivity contribution in [1.29, 1.82) is 0 Å². The average molecular weight is 478 g/mol. The van der Waals surface area contributed by atoms with Crippen molar-refractivity contribution in [2.75, 3.05) is 17.3 Å². The standard InChI is InChI=1S/C20H18BrClN4O3/c1-2-9-23-19(28)20(29)25-26-16-8-3-13(21)10-12(16)11-17(26)18(27)24-15-6-4-14(22)5-7-15/h3-8,10-11H,2,9H2,1H3,(H,23,28)(H,24,27)(H,25,29). The minimum atomic E-state index is -0.862. The van der Waals surface area contributed by atoms with Crippen LogP contribution >= 0.6 is 27.5 Å². The van der Waals surface area contributed by atoms with E-state index in [4.69, 9.17) is 11.6 Å². The van der Waals surface area contributed by atoms with Crippen molar-refractivity contribution >= 4 is 61.8 Å². The van der Waals surface area contributed by atoms with E-state index in [1.165, 1.54) is 4.68 Å². The molecule has 7 nitrogen and oxygen atoms in total. The third-order valence-corrected chi connectivity index (χ3v) is 4.80. The van der Waals surface area contributed by atoms with Crippen molar-refractivity contribution in [2.24, 2.45) is 0 Å². The molecule has 0 aliphatic heterocycles. The first-order valence-electron chi connectivity index (χ1n) is 8.86. The summed E-state index contributed by atoms with van der Waals surface area (Å²) in [7, 11) is 0. The van der Waals surface area contributed by atoms with Crippen LogP contribution in [0.4, 0.5) is 5.69 Å². The van der Waals surface area contributed by atoms with Crippen LogP contribution in [0.25, 0.3) is 10.9 Å². The first-order valence-corrected chi connectivity index (χ1v) is 10.0. The Morgan fingerprint density at radius 3 is 2.45 bits per heavy atom. The molecular weight excluding hydrogens is 460 g/mol. The number of halogens is 2. The van der Waals surface area contributed by atoms with Gasteiger partial charge in [0.15, 0.2) is 0 Å². The van der Waals surface area contributed by atoms with Crippen molar-refractivity contribution in [3.05, 3.63) is 63.7 Å². The lowest BCUT2D eigenvalue weighted by atomic mass is 10.2. The number of anilines is 1. The van der Waals surface area contributed by atoms with Gasteiger partial charge in [0, 0.05) is 27.1 Å². The van der Waals surface area contributed by atoms with Gasteiger partial charge < -0.3 is 10.6 Å². The molecule has 0 bridgehead atoms. The van der Waals surface area contributed by atoms with Crippen LogP contribution in [0.3, 0.4) is 0 Å². The van der Waals surface area contributed by atoms with E-state index in [1.54, 1.807) is 42.5 Å². The highest BCUT2D eigenvalue weighted by Gasteiger charge is 2.20. The van der Waals surface area contributed by atoms with Crippen molar-refractivity contribution in [1.82, 2.24) is 9.99 Å². The Balaban J connectivity index is 1.94. The van der Waals surface area contributed by atoms with Crippen LogP contribution in [0, 0.1) is 0 Å². The van der Waals surface area contributed by atoms with Gasteiger partial charge in [-0.05, 0) is 55.0 Å². The summed E-state index contributed by atoms with van der Waals surface area (Å²) in [6, 6.07) is 13.6. The summed E-state index contributed by atoms with van der Waals surface area (Å²) in [4.78, 5) is 37.1. The van der Waals surface area contributed by atoms with E-state index in [9.17, 15) is 14.4 Å². The highest BCUT2D eigenvalue weighted by atomic mass is 79.9. The van der Waals surface area contributed by atoms with Gasteiger partial charge >= 0.3 is 11.8 Å². The number of hydrogen-bond donors (Lipinski definition) is 3. The van der Waals surface area contributed by atoms with E-state index in [-0.39, 0.29) is 5.69 Å². The fraction of sp³-hybridized carbons (Fsp3) is 0.150. The van der Waals surface area contributed by atoms with Gasteiger partial charge in [0.2, 0.25) is 0 Å². The lowest BCUT2D eigenvalue weighted by molar-refractivity contribution is -0.136. The molecule has 0 unspecified atom stereocenters. The Bertz CT molecular complexity index is 1080. The smallest absolute Gasteiger partial charge is 0.328 e. The van der Waals surface area contributed by atoms with Crippen molar-refractivity contribution in [2.45, 2.75) is 13.3 Å². The lowest BCUT2D eigenvalue weighted by Crippen LogP contribution is -2.40. The number of fused-ring (bicyclic) bond motifs is 1. The first-order chi connectivity index (χ1) is 13.9. The monoisotopic (exact) mass is 476 g/mol. The number of hydrogen-bond acceptors (Lipinski definition) is 3. The van der Waals surface area contributed by atoms with Crippen LogP contribution in [0.5, 0.6) is 0 Å². The number of carbonyl (C=O) groups is 3. The maximum atomic E-state index is 12.9. The maximum Gasteiger partial charge on any atom is 0.328 e. The van der Waals surface area contributed by atoms with E-state index in [0.29, 0.717) is 29.2 Å². The first kappa shape index (κ1) is 20.9. The molecule has 150 valence electrons. The fourth-order valence-electron chi connectivity index (χ4n) is 2.67. The summed E-state index contributed by atoms with van der Waals surface area (Å²) in [5.41, 5.74) is 3.80. The summed E-state index contributed by atoms with van der Waals surface area (Å²) in [5.74, 6) is -2.08. The topological polar surface area (TPSA) is 92.2 Å². The third-order valence-electron chi connectivity index (χ3n) is 4.05. The summed E-state index contributed by atoms with van der Waals surface area (Å²) in [6.45, 7) is 2.27. The van der Waals surface area contributed by atoms with E-state index in [0.717, 1.165) is 9.86 Å². The fourth-order valence-corrected chi connectivity index (χ4v) is 3.18. The van der Waals surface area contributed by atoms with E-state index >= 15 is 0 Å². The minimum absolute atomic E-state index is 0.171. The molecule has 0 fully saturated rings. The number of amides is 3. The number of benzene rings is 2. The van der Waals surface area contributed by atoms with Crippen molar-refractivity contribution in [3.63, 3.8) is 0 Å².